The lowest BCUT2D eigenvalue weighted by Crippen LogP contribution is -1.97. The van der Waals surface area contributed by atoms with E-state index in [1.54, 1.807) is 79.3 Å². The van der Waals surface area contributed by atoms with Crippen LogP contribution in [0.1, 0.15) is 22.3 Å². The van der Waals surface area contributed by atoms with Crippen LogP contribution in [0.3, 0.4) is 0 Å². The molecule has 2 aromatic heterocycles. The highest BCUT2D eigenvalue weighted by Gasteiger charge is 2.16. The molecule has 0 bridgehead atoms. The van der Waals surface area contributed by atoms with Crippen LogP contribution in [0, 0.1) is 23.7 Å². The van der Waals surface area contributed by atoms with Gasteiger partial charge in [0, 0.05) is 34.3 Å². The van der Waals surface area contributed by atoms with Gasteiger partial charge in [-0.1, -0.05) is 23.7 Å². The Morgan fingerprint density at radius 1 is 0.476 bits per heavy atom. The second-order valence-corrected chi connectivity index (χ2v) is 8.88. The number of pyridine rings is 2. The van der Waals surface area contributed by atoms with Crippen molar-refractivity contribution in [3.05, 3.63) is 83.2 Å². The van der Waals surface area contributed by atoms with Gasteiger partial charge in [-0.05, 0) is 48.5 Å². The Morgan fingerprint density at radius 2 is 0.833 bits per heavy atom. The van der Waals surface area contributed by atoms with E-state index in [-0.39, 0.29) is 0 Å². The van der Waals surface area contributed by atoms with Gasteiger partial charge in [-0.3, -0.25) is 9.97 Å². The molecular formula is C34H28N2O6. The second-order valence-electron chi connectivity index (χ2n) is 8.88. The number of fused-ring (bicyclic) bond motifs is 3. The van der Waals surface area contributed by atoms with Crippen molar-refractivity contribution in [1.29, 1.82) is 0 Å². The third-order valence-corrected chi connectivity index (χ3v) is 6.62. The molecule has 0 unspecified atom stereocenters. The Hall–Kier alpha value is -5.60. The molecule has 210 valence electrons. The van der Waals surface area contributed by atoms with Crippen LogP contribution in [-0.2, 0) is 0 Å². The molecule has 8 nitrogen and oxygen atoms in total. The van der Waals surface area contributed by atoms with Crippen molar-refractivity contribution in [2.75, 3.05) is 42.7 Å². The standard InChI is InChI=1S/C34H28N2O6/c1-37-27-17-21(18-28(38-2)33(27)41-5)11-13-23-24(14-12-22-19-29(39-3)34(42-6)30(20-22)40-4)26-10-8-16-36-32(26)31-25(23)9-7-15-35-31/h7-10,15-20H,1-6H3. The van der Waals surface area contributed by atoms with Crippen LogP contribution >= 0.6 is 0 Å². The summed E-state index contributed by atoms with van der Waals surface area (Å²) in [5.41, 5.74) is 4.26. The summed E-state index contributed by atoms with van der Waals surface area (Å²) in [6.45, 7) is 0. The molecule has 0 aliphatic heterocycles. The number of methoxy groups -OCH3 is 6. The van der Waals surface area contributed by atoms with E-state index in [1.807, 2.05) is 24.3 Å². The summed E-state index contributed by atoms with van der Waals surface area (Å²) >= 11 is 0. The lowest BCUT2D eigenvalue weighted by atomic mass is 9.96. The molecule has 8 heteroatoms. The van der Waals surface area contributed by atoms with Crippen LogP contribution in [0.4, 0.5) is 0 Å². The molecule has 0 atom stereocenters. The second kappa shape index (κ2) is 12.3. The van der Waals surface area contributed by atoms with Crippen molar-refractivity contribution in [3.8, 4) is 58.2 Å². The molecule has 0 fully saturated rings. The van der Waals surface area contributed by atoms with Crippen molar-refractivity contribution in [2.45, 2.75) is 0 Å². The van der Waals surface area contributed by atoms with Crippen LogP contribution in [0.5, 0.6) is 34.5 Å². The normalized spacial score (nSPS) is 10.2. The highest BCUT2D eigenvalue weighted by Crippen LogP contribution is 2.39. The summed E-state index contributed by atoms with van der Waals surface area (Å²) in [5.74, 6) is 16.3. The summed E-state index contributed by atoms with van der Waals surface area (Å²) in [5, 5.41) is 1.66. The van der Waals surface area contributed by atoms with E-state index < -0.39 is 0 Å². The fraction of sp³-hybridized carbons (Fsp3) is 0.176. The molecule has 0 spiro atoms. The van der Waals surface area contributed by atoms with Crippen molar-refractivity contribution in [1.82, 2.24) is 9.97 Å². The largest absolute Gasteiger partial charge is 0.493 e. The Balaban J connectivity index is 1.78. The van der Waals surface area contributed by atoms with Gasteiger partial charge in [0.25, 0.3) is 0 Å². The topological polar surface area (TPSA) is 81.2 Å². The molecule has 5 rings (SSSR count). The van der Waals surface area contributed by atoms with Gasteiger partial charge in [0.15, 0.2) is 23.0 Å². The van der Waals surface area contributed by atoms with Gasteiger partial charge in [0.05, 0.1) is 64.8 Å². The summed E-state index contributed by atoms with van der Waals surface area (Å²) < 4.78 is 33.0. The zero-order valence-corrected chi connectivity index (χ0v) is 24.1. The highest BCUT2D eigenvalue weighted by molar-refractivity contribution is 6.09. The number of nitrogens with zero attached hydrogens (tertiary/aromatic N) is 2. The number of aromatic nitrogens is 2. The monoisotopic (exact) mass is 560 g/mol. The molecule has 0 aliphatic rings. The maximum atomic E-state index is 5.52. The predicted molar refractivity (Wildman–Crippen MR) is 161 cm³/mol. The molecule has 42 heavy (non-hydrogen) atoms. The van der Waals surface area contributed by atoms with Crippen LogP contribution in [0.2, 0.25) is 0 Å². The van der Waals surface area contributed by atoms with Crippen LogP contribution in [0.15, 0.2) is 60.9 Å². The molecule has 0 aliphatic carbocycles. The zero-order chi connectivity index (χ0) is 29.6. The molecule has 0 N–H and O–H groups in total. The van der Waals surface area contributed by atoms with Gasteiger partial charge < -0.3 is 28.4 Å². The van der Waals surface area contributed by atoms with E-state index in [0.717, 1.165) is 21.8 Å². The average molecular weight is 561 g/mol. The van der Waals surface area contributed by atoms with E-state index in [0.29, 0.717) is 56.8 Å². The van der Waals surface area contributed by atoms with Crippen LogP contribution < -0.4 is 28.4 Å². The van der Waals surface area contributed by atoms with E-state index in [4.69, 9.17) is 28.4 Å². The molecule has 0 saturated carbocycles. The van der Waals surface area contributed by atoms with Gasteiger partial charge in [0.1, 0.15) is 0 Å². The van der Waals surface area contributed by atoms with Gasteiger partial charge in [0.2, 0.25) is 11.5 Å². The van der Waals surface area contributed by atoms with E-state index in [2.05, 4.69) is 33.6 Å². The summed E-state index contributed by atoms with van der Waals surface area (Å²) in [6.07, 6.45) is 3.49. The fourth-order valence-electron chi connectivity index (χ4n) is 4.70. The van der Waals surface area contributed by atoms with Gasteiger partial charge in [-0.2, -0.15) is 0 Å². The van der Waals surface area contributed by atoms with Gasteiger partial charge in [-0.25, -0.2) is 0 Å². The SMILES string of the molecule is COc1cc(C#Cc2c(C#Cc3cc(OC)c(OC)c(OC)c3)c3cccnc3c3ncccc23)cc(OC)c1OC. The van der Waals surface area contributed by atoms with Crippen molar-refractivity contribution in [2.24, 2.45) is 0 Å². The quantitative estimate of drug-likeness (QED) is 0.195. The molecule has 3 aromatic carbocycles. The molecule has 0 saturated heterocycles. The van der Waals surface area contributed by atoms with Crippen LogP contribution in [-0.4, -0.2) is 52.6 Å². The number of hydrogen-bond donors (Lipinski definition) is 0. The number of ether oxygens (including phenoxy) is 6. The van der Waals surface area contributed by atoms with Crippen molar-refractivity contribution >= 4 is 21.8 Å². The first kappa shape index (κ1) is 27.9. The summed E-state index contributed by atoms with van der Waals surface area (Å²) in [4.78, 5) is 9.29. The molecular weight excluding hydrogens is 532 g/mol. The Labute approximate surface area is 244 Å². The molecule has 0 amide bonds. The smallest absolute Gasteiger partial charge is 0.203 e. The first-order chi connectivity index (χ1) is 20.6. The Bertz CT molecular complexity index is 1740. The Kier molecular flexibility index (Phi) is 8.17. The van der Waals surface area contributed by atoms with Gasteiger partial charge in [-0.15, -0.1) is 0 Å². The fourth-order valence-corrected chi connectivity index (χ4v) is 4.70. The van der Waals surface area contributed by atoms with Crippen LogP contribution in [0.25, 0.3) is 21.8 Å². The van der Waals surface area contributed by atoms with E-state index >= 15 is 0 Å². The third kappa shape index (κ3) is 5.14. The Morgan fingerprint density at radius 3 is 1.14 bits per heavy atom. The minimum absolute atomic E-state index is 0.494. The lowest BCUT2D eigenvalue weighted by Gasteiger charge is -2.12. The zero-order valence-electron chi connectivity index (χ0n) is 24.1. The summed E-state index contributed by atoms with van der Waals surface area (Å²) in [7, 11) is 9.41. The first-order valence-electron chi connectivity index (χ1n) is 12.9. The minimum Gasteiger partial charge on any atom is -0.493 e. The average Bonchev–Trinajstić information content (AvgIpc) is 3.05. The predicted octanol–water partition coefficient (Wildman–Crippen LogP) is 5.63. The maximum absolute atomic E-state index is 5.52. The van der Waals surface area contributed by atoms with Crippen molar-refractivity contribution in [3.63, 3.8) is 0 Å². The van der Waals surface area contributed by atoms with Crippen molar-refractivity contribution < 1.29 is 28.4 Å². The highest BCUT2D eigenvalue weighted by atomic mass is 16.5. The molecule has 0 radical (unpaired) electrons. The first-order valence-corrected chi connectivity index (χ1v) is 12.9. The number of hydrogen-bond acceptors (Lipinski definition) is 8. The minimum atomic E-state index is 0.494. The summed E-state index contributed by atoms with van der Waals surface area (Å²) in [6, 6.07) is 14.9. The lowest BCUT2D eigenvalue weighted by molar-refractivity contribution is 0.324. The number of rotatable bonds is 6. The molecule has 2 heterocycles. The molecule has 5 aromatic rings. The van der Waals surface area contributed by atoms with E-state index in [1.165, 1.54) is 0 Å². The van der Waals surface area contributed by atoms with E-state index in [9.17, 15) is 0 Å². The maximum Gasteiger partial charge on any atom is 0.203 e. The number of benzene rings is 3. The van der Waals surface area contributed by atoms with Gasteiger partial charge >= 0.3 is 0 Å². The third-order valence-electron chi connectivity index (χ3n) is 6.62.